The molecule has 12 heavy (non-hydrogen) atoms. The van der Waals surface area contributed by atoms with E-state index in [9.17, 15) is 0 Å². The van der Waals surface area contributed by atoms with Crippen LogP contribution in [-0.2, 0) is 9.05 Å². The van der Waals surface area contributed by atoms with E-state index >= 15 is 0 Å². The largest absolute Gasteiger partial charge is 0.337 e. The summed E-state index contributed by atoms with van der Waals surface area (Å²) in [5.41, 5.74) is 0.645. The van der Waals surface area contributed by atoms with Crippen LogP contribution in [0.3, 0.4) is 0 Å². The molecule has 0 atom stereocenters. The molecule has 0 amide bonds. The second-order valence-electron chi connectivity index (χ2n) is 3.18. The first kappa shape index (κ1) is 10.4. The Morgan fingerprint density at radius 1 is 1.17 bits per heavy atom. The second kappa shape index (κ2) is 5.13. The molecule has 0 spiro atoms. The van der Waals surface area contributed by atoms with Crippen molar-refractivity contribution in [3.8, 4) is 0 Å². The molecule has 0 aromatic carbocycles. The van der Waals surface area contributed by atoms with Crippen LogP contribution in [0.25, 0.3) is 0 Å². The Morgan fingerprint density at radius 3 is 2.08 bits per heavy atom. The molecule has 1 fully saturated rings. The minimum absolute atomic E-state index is 0.620. The molecule has 0 aromatic heterocycles. The van der Waals surface area contributed by atoms with Crippen LogP contribution < -0.4 is 0 Å². The molecule has 0 N–H and O–H groups in total. The highest BCUT2D eigenvalue weighted by Gasteiger charge is 2.25. The summed E-state index contributed by atoms with van der Waals surface area (Å²) in [6.07, 6.45) is 2.42. The van der Waals surface area contributed by atoms with Gasteiger partial charge in [-0.15, -0.1) is 0 Å². The van der Waals surface area contributed by atoms with Gasteiger partial charge in [-0.3, -0.25) is 0 Å². The van der Waals surface area contributed by atoms with Gasteiger partial charge in [-0.05, 0) is 33.0 Å². The van der Waals surface area contributed by atoms with Crippen molar-refractivity contribution in [1.82, 2.24) is 4.90 Å². The average Bonchev–Trinajstić information content (AvgIpc) is 2.10. The zero-order valence-electron chi connectivity index (χ0n) is 8.12. The number of hydrogen-bond acceptors (Lipinski definition) is 3. The normalized spacial score (nSPS) is 22.0. The fraction of sp³-hybridized carbons (Fsp3) is 1.00. The summed E-state index contributed by atoms with van der Waals surface area (Å²) < 4.78 is 10.6. The Labute approximate surface area is 75.9 Å². The molecule has 1 heterocycles. The Balaban J connectivity index is 2.32. The minimum Gasteiger partial charge on any atom is -0.337 e. The van der Waals surface area contributed by atoms with Crippen LogP contribution in [-0.4, -0.2) is 44.9 Å². The van der Waals surface area contributed by atoms with Crippen molar-refractivity contribution >= 4 is 8.38 Å². The van der Waals surface area contributed by atoms with Crippen molar-refractivity contribution in [1.29, 1.82) is 0 Å². The molecule has 0 unspecified atom stereocenters. The Bertz CT molecular complexity index is 122. The number of rotatable bonds is 3. The van der Waals surface area contributed by atoms with Gasteiger partial charge >= 0.3 is 0 Å². The third-order valence-electron chi connectivity index (χ3n) is 2.35. The van der Waals surface area contributed by atoms with E-state index in [1.54, 1.807) is 14.2 Å². The molecule has 1 aliphatic rings. The van der Waals surface area contributed by atoms with Gasteiger partial charge in [0.2, 0.25) is 0 Å². The summed E-state index contributed by atoms with van der Waals surface area (Å²) in [5, 5.41) is 0. The number of piperidine rings is 1. The maximum Gasteiger partial charge on any atom is 0.173 e. The monoisotopic (exact) mass is 191 g/mol. The first-order valence-electron chi connectivity index (χ1n) is 4.34. The summed E-state index contributed by atoms with van der Waals surface area (Å²) in [5.74, 6) is 0. The van der Waals surface area contributed by atoms with Crippen molar-refractivity contribution in [3.63, 3.8) is 0 Å². The average molecular weight is 191 g/mol. The van der Waals surface area contributed by atoms with Gasteiger partial charge in [0.1, 0.15) is 0 Å². The van der Waals surface area contributed by atoms with E-state index in [1.807, 2.05) is 0 Å². The van der Waals surface area contributed by atoms with Gasteiger partial charge in [-0.1, -0.05) is 0 Å². The number of likely N-dealkylation sites (tertiary alicyclic amines) is 1. The third kappa shape index (κ3) is 2.67. The zero-order valence-corrected chi connectivity index (χ0v) is 9.01. The molecule has 0 aromatic rings. The van der Waals surface area contributed by atoms with Gasteiger partial charge < -0.3 is 13.9 Å². The van der Waals surface area contributed by atoms with Gasteiger partial charge in [-0.2, -0.15) is 0 Å². The van der Waals surface area contributed by atoms with Crippen molar-refractivity contribution in [2.24, 2.45) is 0 Å². The summed E-state index contributed by atoms with van der Waals surface area (Å²) in [6.45, 7) is 2.35. The molecule has 0 aliphatic carbocycles. The lowest BCUT2D eigenvalue weighted by Gasteiger charge is -2.31. The summed E-state index contributed by atoms with van der Waals surface area (Å²) in [4.78, 5) is 2.36. The van der Waals surface area contributed by atoms with E-state index in [4.69, 9.17) is 9.05 Å². The van der Waals surface area contributed by atoms with E-state index in [0.717, 1.165) is 0 Å². The molecule has 0 radical (unpaired) electrons. The fourth-order valence-corrected chi connectivity index (χ4v) is 2.98. The van der Waals surface area contributed by atoms with E-state index in [1.165, 1.54) is 25.9 Å². The molecule has 1 saturated heterocycles. The van der Waals surface area contributed by atoms with Crippen molar-refractivity contribution in [2.75, 3.05) is 34.4 Å². The molecular weight excluding hydrogens is 173 g/mol. The second-order valence-corrected chi connectivity index (χ2v) is 5.22. The van der Waals surface area contributed by atoms with Crippen LogP contribution in [0.5, 0.6) is 0 Å². The minimum atomic E-state index is -0.620. The van der Waals surface area contributed by atoms with E-state index < -0.39 is 8.38 Å². The number of hydrogen-bond donors (Lipinski definition) is 0. The SMILES string of the molecule is COP(OC)C1CCN(C)CC1. The predicted molar refractivity (Wildman–Crippen MR) is 51.5 cm³/mol. The summed E-state index contributed by atoms with van der Waals surface area (Å²) in [6, 6.07) is 0. The van der Waals surface area contributed by atoms with Crippen LogP contribution >= 0.6 is 8.38 Å². The quantitative estimate of drug-likeness (QED) is 0.633. The lowest BCUT2D eigenvalue weighted by molar-refractivity contribution is 0.256. The molecule has 4 heteroatoms. The predicted octanol–water partition coefficient (Wildman–Crippen LogP) is 1.69. The third-order valence-corrected chi connectivity index (χ3v) is 4.18. The van der Waals surface area contributed by atoms with Crippen molar-refractivity contribution in [2.45, 2.75) is 18.5 Å². The standard InChI is InChI=1S/C8H18NO2P/c1-9-6-4-8(5-7-9)12(10-2)11-3/h8H,4-7H2,1-3H3. The van der Waals surface area contributed by atoms with Crippen LogP contribution in [0.1, 0.15) is 12.8 Å². The highest BCUT2D eigenvalue weighted by molar-refractivity contribution is 7.48. The van der Waals surface area contributed by atoms with Crippen molar-refractivity contribution < 1.29 is 9.05 Å². The van der Waals surface area contributed by atoms with Gasteiger partial charge in [0.05, 0.1) is 0 Å². The topological polar surface area (TPSA) is 21.7 Å². The van der Waals surface area contributed by atoms with Gasteiger partial charge in [0.25, 0.3) is 0 Å². The first-order chi connectivity index (χ1) is 5.77. The molecule has 72 valence electrons. The highest BCUT2D eigenvalue weighted by atomic mass is 31.2. The molecule has 3 nitrogen and oxygen atoms in total. The summed E-state index contributed by atoms with van der Waals surface area (Å²) in [7, 11) is 5.03. The van der Waals surface area contributed by atoms with Crippen LogP contribution in [0, 0.1) is 0 Å². The molecular formula is C8H18NO2P. The first-order valence-corrected chi connectivity index (χ1v) is 5.58. The zero-order chi connectivity index (χ0) is 8.97. The lowest BCUT2D eigenvalue weighted by Crippen LogP contribution is -2.32. The maximum atomic E-state index is 5.30. The van der Waals surface area contributed by atoms with E-state index in [0.29, 0.717) is 5.66 Å². The van der Waals surface area contributed by atoms with Gasteiger partial charge in [0, 0.05) is 19.9 Å². The maximum absolute atomic E-state index is 5.30. The fourth-order valence-electron chi connectivity index (χ4n) is 1.58. The van der Waals surface area contributed by atoms with Crippen LogP contribution in [0.2, 0.25) is 0 Å². The van der Waals surface area contributed by atoms with Crippen molar-refractivity contribution in [3.05, 3.63) is 0 Å². The van der Waals surface area contributed by atoms with E-state index in [-0.39, 0.29) is 0 Å². The van der Waals surface area contributed by atoms with Crippen LogP contribution in [0.4, 0.5) is 0 Å². The van der Waals surface area contributed by atoms with Gasteiger partial charge in [-0.25, -0.2) is 0 Å². The lowest BCUT2D eigenvalue weighted by atomic mass is 10.1. The van der Waals surface area contributed by atoms with E-state index in [2.05, 4.69) is 11.9 Å². The summed E-state index contributed by atoms with van der Waals surface area (Å²) >= 11 is 0. The Hall–Kier alpha value is 0.310. The molecule has 1 rings (SSSR count). The Morgan fingerprint density at radius 2 is 1.67 bits per heavy atom. The highest BCUT2D eigenvalue weighted by Crippen LogP contribution is 2.46. The van der Waals surface area contributed by atoms with Crippen LogP contribution in [0.15, 0.2) is 0 Å². The molecule has 0 saturated carbocycles. The molecule has 1 aliphatic heterocycles. The number of nitrogens with zero attached hydrogens (tertiary/aromatic N) is 1. The Kier molecular flexibility index (Phi) is 4.44. The van der Waals surface area contributed by atoms with Gasteiger partial charge in [0.15, 0.2) is 8.38 Å². The molecule has 0 bridgehead atoms. The smallest absolute Gasteiger partial charge is 0.173 e.